The summed E-state index contributed by atoms with van der Waals surface area (Å²) in [6, 6.07) is 6.06. The van der Waals surface area contributed by atoms with E-state index in [1.807, 2.05) is 12.1 Å². The molecule has 1 aromatic rings. The Balaban J connectivity index is 0.00000162. The van der Waals surface area contributed by atoms with E-state index >= 15 is 0 Å². The molecule has 0 spiro atoms. The summed E-state index contributed by atoms with van der Waals surface area (Å²) in [6.07, 6.45) is 0.627. The van der Waals surface area contributed by atoms with Gasteiger partial charge in [0, 0.05) is 19.3 Å². The summed E-state index contributed by atoms with van der Waals surface area (Å²) in [7, 11) is 1.53. The first-order valence-electron chi connectivity index (χ1n) is 5.87. The minimum Gasteiger partial charge on any atom is -0.372 e. The standard InChI is InChI=1S/C13H18N2O2.ClH/c1-9(17-2)13(16)15-12-4-3-10-5-6-14-8-11(10)7-12;/h3-4,7,9,14H,5-6,8H2,1-2H3,(H,15,16);1H. The van der Waals surface area contributed by atoms with Gasteiger partial charge in [-0.05, 0) is 43.1 Å². The largest absolute Gasteiger partial charge is 0.372 e. The molecule has 0 saturated carbocycles. The molecule has 1 atom stereocenters. The Hall–Kier alpha value is -1.10. The first-order chi connectivity index (χ1) is 8.20. The zero-order valence-corrected chi connectivity index (χ0v) is 11.5. The maximum atomic E-state index is 11.7. The van der Waals surface area contributed by atoms with Crippen LogP contribution in [0, 0.1) is 0 Å². The molecular formula is C13H19ClN2O2. The normalized spacial score (nSPS) is 15.2. The Kier molecular flexibility index (Phi) is 5.59. The third-order valence-corrected chi connectivity index (χ3v) is 3.08. The molecule has 5 heteroatoms. The van der Waals surface area contributed by atoms with E-state index in [1.165, 1.54) is 18.2 Å². The zero-order valence-electron chi connectivity index (χ0n) is 10.7. The summed E-state index contributed by atoms with van der Waals surface area (Å²) in [5, 5.41) is 6.17. The third kappa shape index (κ3) is 3.45. The molecule has 18 heavy (non-hydrogen) atoms. The van der Waals surface area contributed by atoms with Crippen molar-refractivity contribution in [3.05, 3.63) is 29.3 Å². The fraction of sp³-hybridized carbons (Fsp3) is 0.462. The number of halogens is 1. The van der Waals surface area contributed by atoms with E-state index < -0.39 is 6.10 Å². The Bertz CT molecular complexity index is 423. The minimum atomic E-state index is -0.427. The van der Waals surface area contributed by atoms with Crippen LogP contribution in [0.3, 0.4) is 0 Å². The van der Waals surface area contributed by atoms with Crippen LogP contribution in [0.1, 0.15) is 18.1 Å². The highest BCUT2D eigenvalue weighted by Crippen LogP contribution is 2.19. The molecule has 1 aromatic carbocycles. The summed E-state index contributed by atoms with van der Waals surface area (Å²) in [4.78, 5) is 11.7. The van der Waals surface area contributed by atoms with Crippen LogP contribution >= 0.6 is 12.4 Å². The number of anilines is 1. The van der Waals surface area contributed by atoms with E-state index in [0.29, 0.717) is 0 Å². The molecule has 1 amide bonds. The molecule has 1 aliphatic heterocycles. The molecule has 1 aliphatic rings. The van der Waals surface area contributed by atoms with E-state index in [0.717, 1.165) is 25.2 Å². The second-order valence-corrected chi connectivity index (χ2v) is 4.28. The van der Waals surface area contributed by atoms with Crippen LogP contribution in [0.4, 0.5) is 5.69 Å². The molecule has 0 aliphatic carbocycles. The minimum absolute atomic E-state index is 0. The van der Waals surface area contributed by atoms with Crippen molar-refractivity contribution in [2.24, 2.45) is 0 Å². The van der Waals surface area contributed by atoms with Crippen LogP contribution in [0.25, 0.3) is 0 Å². The van der Waals surface area contributed by atoms with Gasteiger partial charge in [-0.15, -0.1) is 12.4 Å². The number of rotatable bonds is 3. The lowest BCUT2D eigenvalue weighted by molar-refractivity contribution is -0.124. The predicted octanol–water partition coefficient (Wildman–Crippen LogP) is 1.73. The van der Waals surface area contributed by atoms with Gasteiger partial charge in [0.15, 0.2) is 0 Å². The fourth-order valence-corrected chi connectivity index (χ4v) is 1.91. The summed E-state index contributed by atoms with van der Waals surface area (Å²) >= 11 is 0. The van der Waals surface area contributed by atoms with Crippen molar-refractivity contribution in [1.29, 1.82) is 0 Å². The first-order valence-corrected chi connectivity index (χ1v) is 5.87. The van der Waals surface area contributed by atoms with Gasteiger partial charge in [0.25, 0.3) is 5.91 Å². The van der Waals surface area contributed by atoms with Crippen LogP contribution in [-0.2, 0) is 22.5 Å². The maximum absolute atomic E-state index is 11.7. The van der Waals surface area contributed by atoms with Crippen LogP contribution < -0.4 is 10.6 Å². The fourth-order valence-electron chi connectivity index (χ4n) is 1.91. The molecule has 1 heterocycles. The molecule has 0 radical (unpaired) electrons. The predicted molar refractivity (Wildman–Crippen MR) is 74.2 cm³/mol. The Labute approximate surface area is 114 Å². The number of fused-ring (bicyclic) bond motifs is 1. The van der Waals surface area contributed by atoms with Gasteiger partial charge < -0.3 is 15.4 Å². The third-order valence-electron chi connectivity index (χ3n) is 3.08. The highest BCUT2D eigenvalue weighted by Gasteiger charge is 2.13. The summed E-state index contributed by atoms with van der Waals surface area (Å²) in [6.45, 7) is 3.63. The lowest BCUT2D eigenvalue weighted by atomic mass is 10.0. The Morgan fingerprint density at radius 2 is 2.22 bits per heavy atom. The van der Waals surface area contributed by atoms with E-state index in [9.17, 15) is 4.79 Å². The van der Waals surface area contributed by atoms with Crippen molar-refractivity contribution in [2.45, 2.75) is 26.0 Å². The molecule has 0 bridgehead atoms. The van der Waals surface area contributed by atoms with Crippen molar-refractivity contribution in [2.75, 3.05) is 19.0 Å². The Morgan fingerprint density at radius 1 is 1.44 bits per heavy atom. The molecule has 0 aromatic heterocycles. The van der Waals surface area contributed by atoms with E-state index in [2.05, 4.69) is 16.7 Å². The summed E-state index contributed by atoms with van der Waals surface area (Å²) in [5.41, 5.74) is 3.46. The molecule has 0 saturated heterocycles. The van der Waals surface area contributed by atoms with Crippen molar-refractivity contribution < 1.29 is 9.53 Å². The summed E-state index contributed by atoms with van der Waals surface area (Å²) in [5.74, 6) is -0.115. The summed E-state index contributed by atoms with van der Waals surface area (Å²) < 4.78 is 4.97. The lowest BCUT2D eigenvalue weighted by Gasteiger charge is -2.18. The average Bonchev–Trinajstić information content (AvgIpc) is 2.37. The van der Waals surface area contributed by atoms with Crippen LogP contribution in [0.15, 0.2) is 18.2 Å². The quantitative estimate of drug-likeness (QED) is 0.879. The number of methoxy groups -OCH3 is 1. The van der Waals surface area contributed by atoms with Gasteiger partial charge in [-0.25, -0.2) is 0 Å². The van der Waals surface area contributed by atoms with Crippen LogP contribution in [0.5, 0.6) is 0 Å². The number of hydrogen-bond donors (Lipinski definition) is 2. The number of carbonyl (C=O) groups excluding carboxylic acids is 1. The van der Waals surface area contributed by atoms with Crippen molar-refractivity contribution in [3.63, 3.8) is 0 Å². The SMILES string of the molecule is COC(C)C(=O)Nc1ccc2c(c1)CNCC2.Cl. The first kappa shape index (κ1) is 15.0. The van der Waals surface area contributed by atoms with E-state index in [1.54, 1.807) is 6.92 Å². The van der Waals surface area contributed by atoms with Gasteiger partial charge >= 0.3 is 0 Å². The molecule has 4 nitrogen and oxygen atoms in total. The maximum Gasteiger partial charge on any atom is 0.253 e. The highest BCUT2D eigenvalue weighted by atomic mass is 35.5. The zero-order chi connectivity index (χ0) is 12.3. The smallest absolute Gasteiger partial charge is 0.253 e. The Morgan fingerprint density at radius 3 is 2.94 bits per heavy atom. The number of ether oxygens (including phenoxy) is 1. The van der Waals surface area contributed by atoms with Gasteiger partial charge in [-0.1, -0.05) is 6.07 Å². The molecule has 0 fully saturated rings. The highest BCUT2D eigenvalue weighted by molar-refractivity contribution is 5.94. The van der Waals surface area contributed by atoms with E-state index in [-0.39, 0.29) is 18.3 Å². The van der Waals surface area contributed by atoms with Crippen molar-refractivity contribution in [3.8, 4) is 0 Å². The van der Waals surface area contributed by atoms with E-state index in [4.69, 9.17) is 4.74 Å². The monoisotopic (exact) mass is 270 g/mol. The molecular weight excluding hydrogens is 252 g/mol. The topological polar surface area (TPSA) is 50.4 Å². The van der Waals surface area contributed by atoms with Crippen LogP contribution in [-0.4, -0.2) is 25.7 Å². The van der Waals surface area contributed by atoms with Crippen molar-refractivity contribution >= 4 is 24.0 Å². The lowest BCUT2D eigenvalue weighted by Crippen LogP contribution is -2.27. The average molecular weight is 271 g/mol. The molecule has 1 unspecified atom stereocenters. The number of nitrogens with one attached hydrogen (secondary N) is 2. The number of carbonyl (C=O) groups is 1. The van der Waals surface area contributed by atoms with Crippen molar-refractivity contribution in [1.82, 2.24) is 5.32 Å². The second-order valence-electron chi connectivity index (χ2n) is 4.28. The van der Waals surface area contributed by atoms with Gasteiger partial charge in [0.2, 0.25) is 0 Å². The van der Waals surface area contributed by atoms with Gasteiger partial charge in [-0.3, -0.25) is 4.79 Å². The number of hydrogen-bond acceptors (Lipinski definition) is 3. The molecule has 2 N–H and O–H groups in total. The van der Waals surface area contributed by atoms with Crippen LogP contribution in [0.2, 0.25) is 0 Å². The van der Waals surface area contributed by atoms with Gasteiger partial charge in [0.1, 0.15) is 6.10 Å². The molecule has 2 rings (SSSR count). The van der Waals surface area contributed by atoms with Gasteiger partial charge in [-0.2, -0.15) is 0 Å². The number of benzene rings is 1. The second kappa shape index (κ2) is 6.73. The van der Waals surface area contributed by atoms with Gasteiger partial charge in [0.05, 0.1) is 0 Å². The number of amides is 1. The molecule has 100 valence electrons.